The predicted molar refractivity (Wildman–Crippen MR) is 124 cm³/mol. The molecule has 0 atom stereocenters. The van der Waals surface area contributed by atoms with Crippen LogP contribution < -0.4 is 21.5 Å². The molecule has 0 aliphatic carbocycles. The molecule has 8 nitrogen and oxygen atoms in total. The van der Waals surface area contributed by atoms with Gasteiger partial charge in [0.05, 0.1) is 25.5 Å². The number of nitrogens with zero attached hydrogens (tertiary/aromatic N) is 4. The van der Waals surface area contributed by atoms with Crippen LogP contribution in [0.5, 0.6) is 0 Å². The first-order valence-corrected chi connectivity index (χ1v) is 9.98. The molecule has 0 bridgehead atoms. The molecule has 0 saturated heterocycles. The summed E-state index contributed by atoms with van der Waals surface area (Å²) >= 11 is 0. The van der Waals surface area contributed by atoms with Crippen molar-refractivity contribution in [1.29, 1.82) is 0 Å². The van der Waals surface area contributed by atoms with Gasteiger partial charge < -0.3 is 10.6 Å². The number of guanidine groups is 2. The number of hydrogen-bond acceptors (Lipinski definition) is 8. The van der Waals surface area contributed by atoms with Crippen LogP contribution in [0.2, 0.25) is 0 Å². The molecule has 0 radical (unpaired) electrons. The van der Waals surface area contributed by atoms with Crippen LogP contribution in [0.3, 0.4) is 0 Å². The molecule has 4 N–H and O–H groups in total. The highest BCUT2D eigenvalue weighted by Crippen LogP contribution is 2.31. The minimum atomic E-state index is 0.707. The van der Waals surface area contributed by atoms with E-state index in [4.69, 9.17) is 0 Å². The number of aliphatic imine (C=N–C) groups is 2. The molecule has 0 unspecified atom stereocenters. The number of nitrogens with one attached hydrogen (secondary N) is 4. The Kier molecular flexibility index (Phi) is 4.95. The molecule has 30 heavy (non-hydrogen) atoms. The second-order valence-corrected chi connectivity index (χ2v) is 6.97. The van der Waals surface area contributed by atoms with E-state index in [-0.39, 0.29) is 0 Å². The van der Waals surface area contributed by atoms with E-state index in [9.17, 15) is 0 Å². The number of benzene rings is 3. The largest absolute Gasteiger partial charge is 0.353 e. The molecule has 0 saturated carbocycles. The second-order valence-electron chi connectivity index (χ2n) is 6.97. The smallest absolute Gasteiger partial charge is 0.212 e. The molecule has 150 valence electrons. The summed E-state index contributed by atoms with van der Waals surface area (Å²) in [6.45, 7) is 3.23. The maximum atomic E-state index is 4.43. The monoisotopic (exact) mass is 398 g/mol. The van der Waals surface area contributed by atoms with E-state index in [1.54, 1.807) is 0 Å². The van der Waals surface area contributed by atoms with E-state index in [2.05, 4.69) is 65.9 Å². The van der Waals surface area contributed by atoms with Gasteiger partial charge >= 0.3 is 0 Å². The summed E-state index contributed by atoms with van der Waals surface area (Å²) < 4.78 is 0. The van der Waals surface area contributed by atoms with E-state index < -0.39 is 0 Å². The van der Waals surface area contributed by atoms with E-state index in [0.717, 1.165) is 58.9 Å². The van der Waals surface area contributed by atoms with Gasteiger partial charge in [0, 0.05) is 24.2 Å². The summed E-state index contributed by atoms with van der Waals surface area (Å²) in [5, 5.41) is 19.6. The molecular formula is C22H22N8. The molecule has 2 aliphatic rings. The fraction of sp³-hybridized carbons (Fsp3) is 0.182. The van der Waals surface area contributed by atoms with Crippen molar-refractivity contribution in [2.75, 3.05) is 26.2 Å². The third-order valence-electron chi connectivity index (χ3n) is 5.09. The molecular weight excluding hydrogens is 376 g/mol. The van der Waals surface area contributed by atoms with Gasteiger partial charge in [0.25, 0.3) is 0 Å². The average Bonchev–Trinajstić information content (AvgIpc) is 3.49. The van der Waals surface area contributed by atoms with Gasteiger partial charge in [0.15, 0.2) is 0 Å². The first-order chi connectivity index (χ1) is 14.9. The van der Waals surface area contributed by atoms with Crippen molar-refractivity contribution < 1.29 is 0 Å². The first kappa shape index (κ1) is 18.1. The Bertz CT molecular complexity index is 1060. The molecule has 3 aromatic carbocycles. The van der Waals surface area contributed by atoms with Crippen LogP contribution in [-0.4, -0.2) is 50.5 Å². The lowest BCUT2D eigenvalue weighted by Gasteiger charge is -2.12. The third-order valence-corrected chi connectivity index (χ3v) is 5.09. The van der Waals surface area contributed by atoms with Crippen molar-refractivity contribution in [2.45, 2.75) is 0 Å². The lowest BCUT2D eigenvalue weighted by Crippen LogP contribution is -2.30. The van der Waals surface area contributed by atoms with E-state index in [1.165, 1.54) is 0 Å². The normalized spacial score (nSPS) is 16.1. The Morgan fingerprint density at radius 3 is 1.40 bits per heavy atom. The van der Waals surface area contributed by atoms with E-state index >= 15 is 0 Å². The van der Waals surface area contributed by atoms with E-state index in [1.807, 2.05) is 36.7 Å². The highest BCUT2D eigenvalue weighted by Gasteiger charge is 2.12. The van der Waals surface area contributed by atoms with Gasteiger partial charge in [-0.05, 0) is 21.5 Å². The molecule has 8 heteroatoms. The molecule has 0 spiro atoms. The summed E-state index contributed by atoms with van der Waals surface area (Å²) in [6.07, 6.45) is 3.73. The van der Waals surface area contributed by atoms with Gasteiger partial charge in [0.1, 0.15) is 0 Å². The Balaban J connectivity index is 1.58. The summed E-state index contributed by atoms with van der Waals surface area (Å²) in [5.41, 5.74) is 8.09. The maximum Gasteiger partial charge on any atom is 0.212 e. The highest BCUT2D eigenvalue weighted by atomic mass is 15.4. The standard InChI is InChI=1S/C22H22N8/c1-2-6-16-15(5-1)19(13-27-29-21-23-9-10-24-21)17-7-3-4-8-18(17)20(16)14-28-30-22-25-11-12-26-22/h1-8,13-14H,9-12H2,(H2,23,24,29)(H2,25,26,30). The van der Waals surface area contributed by atoms with Crippen molar-refractivity contribution in [1.82, 2.24) is 21.5 Å². The molecule has 5 rings (SSSR count). The fourth-order valence-electron chi connectivity index (χ4n) is 3.74. The van der Waals surface area contributed by atoms with Crippen LogP contribution in [0.15, 0.2) is 68.7 Å². The lowest BCUT2D eigenvalue weighted by molar-refractivity contribution is 0.920. The maximum absolute atomic E-state index is 4.43. The lowest BCUT2D eigenvalue weighted by atomic mass is 9.92. The number of fused-ring (bicyclic) bond motifs is 2. The molecule has 0 amide bonds. The summed E-state index contributed by atoms with van der Waals surface area (Å²) in [4.78, 5) is 8.63. The summed E-state index contributed by atoms with van der Waals surface area (Å²) in [5.74, 6) is 1.41. The van der Waals surface area contributed by atoms with Gasteiger partial charge in [-0.25, -0.2) is 20.8 Å². The summed E-state index contributed by atoms with van der Waals surface area (Å²) in [6, 6.07) is 16.6. The van der Waals surface area contributed by atoms with Crippen LogP contribution in [0.1, 0.15) is 11.1 Å². The summed E-state index contributed by atoms with van der Waals surface area (Å²) in [7, 11) is 0. The minimum absolute atomic E-state index is 0.707. The molecule has 2 heterocycles. The van der Waals surface area contributed by atoms with Crippen LogP contribution in [0.25, 0.3) is 21.5 Å². The van der Waals surface area contributed by atoms with Crippen LogP contribution in [0.4, 0.5) is 0 Å². The molecule has 0 fully saturated rings. The zero-order chi connectivity index (χ0) is 20.2. The van der Waals surface area contributed by atoms with E-state index in [0.29, 0.717) is 11.9 Å². The molecule has 2 aliphatic heterocycles. The van der Waals surface area contributed by atoms with Crippen molar-refractivity contribution in [3.63, 3.8) is 0 Å². The van der Waals surface area contributed by atoms with Crippen molar-refractivity contribution in [3.05, 3.63) is 59.7 Å². The molecule has 3 aromatic rings. The third kappa shape index (κ3) is 3.55. The minimum Gasteiger partial charge on any atom is -0.353 e. The van der Waals surface area contributed by atoms with Crippen molar-refractivity contribution in [3.8, 4) is 0 Å². The predicted octanol–water partition coefficient (Wildman–Crippen LogP) is 1.76. The van der Waals surface area contributed by atoms with Gasteiger partial charge in [-0.15, -0.1) is 0 Å². The first-order valence-electron chi connectivity index (χ1n) is 9.98. The van der Waals surface area contributed by atoms with Gasteiger partial charge in [-0.2, -0.15) is 10.2 Å². The Morgan fingerprint density at radius 1 is 0.667 bits per heavy atom. The molecule has 0 aromatic heterocycles. The number of rotatable bonds is 4. The zero-order valence-electron chi connectivity index (χ0n) is 16.4. The van der Waals surface area contributed by atoms with Crippen LogP contribution in [-0.2, 0) is 0 Å². The highest BCUT2D eigenvalue weighted by molar-refractivity contribution is 6.21. The van der Waals surface area contributed by atoms with Gasteiger partial charge in [-0.3, -0.25) is 0 Å². The SMILES string of the molecule is C(=NNC1=NCCN1)c1c2ccccc2c(C=NNC2=NCCN2)c2ccccc12. The van der Waals surface area contributed by atoms with Crippen LogP contribution in [0, 0.1) is 0 Å². The van der Waals surface area contributed by atoms with Gasteiger partial charge in [-0.1, -0.05) is 48.5 Å². The Labute approximate surface area is 173 Å². The topological polar surface area (TPSA) is 97.6 Å². The average molecular weight is 398 g/mol. The number of hydrogen-bond donors (Lipinski definition) is 4. The van der Waals surface area contributed by atoms with Gasteiger partial charge in [0.2, 0.25) is 11.9 Å². The Morgan fingerprint density at radius 2 is 1.07 bits per heavy atom. The Hall–Kier alpha value is -3.94. The zero-order valence-corrected chi connectivity index (χ0v) is 16.4. The second kappa shape index (κ2) is 8.20. The van der Waals surface area contributed by atoms with Crippen molar-refractivity contribution >= 4 is 45.9 Å². The van der Waals surface area contributed by atoms with Crippen LogP contribution >= 0.6 is 0 Å². The number of hydrazone groups is 2. The van der Waals surface area contributed by atoms with Crippen molar-refractivity contribution in [2.24, 2.45) is 20.2 Å². The fourth-order valence-corrected chi connectivity index (χ4v) is 3.74. The quantitative estimate of drug-likeness (QED) is 0.306.